The molecule has 3 aromatic heterocycles. The second kappa shape index (κ2) is 12.5. The number of hydrogen-bond donors (Lipinski definition) is 0. The van der Waals surface area contributed by atoms with Gasteiger partial charge in [-0.2, -0.15) is 0 Å². The van der Waals surface area contributed by atoms with E-state index in [2.05, 4.69) is 226 Å². The fourth-order valence-electron chi connectivity index (χ4n) is 9.27. The smallest absolute Gasteiger partial charge is 0.0561 e. The van der Waals surface area contributed by atoms with Crippen LogP contribution in [0.15, 0.2) is 212 Å². The lowest BCUT2D eigenvalue weighted by atomic mass is 10.0. The number of rotatable bonds is 5. The van der Waals surface area contributed by atoms with Gasteiger partial charge in [0.1, 0.15) is 0 Å². The Balaban J connectivity index is 1.05. The lowest BCUT2D eigenvalue weighted by Crippen LogP contribution is -1.97. The van der Waals surface area contributed by atoms with Crippen LogP contribution in [0.3, 0.4) is 0 Å². The van der Waals surface area contributed by atoms with E-state index in [0.29, 0.717) is 0 Å². The van der Waals surface area contributed by atoms with Gasteiger partial charge in [-0.15, -0.1) is 0 Å². The molecule has 0 amide bonds. The first-order chi connectivity index (χ1) is 28.3. The van der Waals surface area contributed by atoms with Gasteiger partial charge in [-0.3, -0.25) is 0 Å². The lowest BCUT2D eigenvalue weighted by molar-refractivity contribution is 1.15. The van der Waals surface area contributed by atoms with Crippen LogP contribution in [-0.4, -0.2) is 13.7 Å². The van der Waals surface area contributed by atoms with E-state index in [1.807, 2.05) is 0 Å². The van der Waals surface area contributed by atoms with E-state index >= 15 is 0 Å². The molecule has 9 aromatic carbocycles. The maximum Gasteiger partial charge on any atom is 0.0561 e. The number of nitrogens with zero attached hydrogens (tertiary/aromatic N) is 3. The Morgan fingerprint density at radius 1 is 0.193 bits per heavy atom. The molecule has 57 heavy (non-hydrogen) atoms. The molecule has 0 bridgehead atoms. The quantitative estimate of drug-likeness (QED) is 0.168. The first-order valence-corrected chi connectivity index (χ1v) is 19.6. The maximum absolute atomic E-state index is 2.45. The zero-order chi connectivity index (χ0) is 37.5. The predicted octanol–water partition coefficient (Wildman–Crippen LogP) is 14.3. The van der Waals surface area contributed by atoms with E-state index in [9.17, 15) is 0 Å². The van der Waals surface area contributed by atoms with Gasteiger partial charge in [0.2, 0.25) is 0 Å². The second-order valence-electron chi connectivity index (χ2n) is 15.0. The SMILES string of the molecule is c1ccc(-c2cccc(-n3c4ccccc4c4cc(-c5ccc6c7ccccc7n(-c7ccc8c9ccccc9n(-c9ccccc9)c8c7)c6c5)ccc43)c2)cc1. The number of hydrogen-bond acceptors (Lipinski definition) is 0. The van der Waals surface area contributed by atoms with Gasteiger partial charge in [-0.25, -0.2) is 0 Å². The Labute approximate surface area is 329 Å². The third kappa shape index (κ3) is 4.86. The highest BCUT2D eigenvalue weighted by Gasteiger charge is 2.18. The van der Waals surface area contributed by atoms with Gasteiger partial charge in [0, 0.05) is 49.4 Å². The molecule has 0 aliphatic carbocycles. The van der Waals surface area contributed by atoms with E-state index < -0.39 is 0 Å². The molecule has 0 atom stereocenters. The summed E-state index contributed by atoms with van der Waals surface area (Å²) < 4.78 is 7.26. The second-order valence-corrected chi connectivity index (χ2v) is 15.0. The molecule has 0 saturated heterocycles. The van der Waals surface area contributed by atoms with E-state index in [4.69, 9.17) is 0 Å². The molecule has 0 radical (unpaired) electrons. The van der Waals surface area contributed by atoms with E-state index in [1.54, 1.807) is 0 Å². The Bertz CT molecular complexity index is 3510. The van der Waals surface area contributed by atoms with Crippen molar-refractivity contribution in [3.8, 4) is 39.3 Å². The van der Waals surface area contributed by atoms with Gasteiger partial charge >= 0.3 is 0 Å². The molecule has 3 heteroatoms. The summed E-state index contributed by atoms with van der Waals surface area (Å²) in [7, 11) is 0. The minimum absolute atomic E-state index is 1.14. The summed E-state index contributed by atoms with van der Waals surface area (Å²) in [5.41, 5.74) is 15.5. The number of fused-ring (bicyclic) bond motifs is 9. The number of para-hydroxylation sites is 4. The highest BCUT2D eigenvalue weighted by atomic mass is 15.0. The third-order valence-corrected chi connectivity index (χ3v) is 11.8. The van der Waals surface area contributed by atoms with Gasteiger partial charge in [0.05, 0.1) is 33.1 Å². The molecule has 0 N–H and O–H groups in total. The molecule has 12 aromatic rings. The van der Waals surface area contributed by atoms with Crippen molar-refractivity contribution >= 4 is 65.4 Å². The van der Waals surface area contributed by atoms with Gasteiger partial charge in [0.15, 0.2) is 0 Å². The summed E-state index contributed by atoms with van der Waals surface area (Å²) in [6, 6.07) is 77.5. The maximum atomic E-state index is 2.45. The molecule has 3 nitrogen and oxygen atoms in total. The first kappa shape index (κ1) is 31.7. The van der Waals surface area contributed by atoms with Crippen molar-refractivity contribution in [1.82, 2.24) is 13.7 Å². The van der Waals surface area contributed by atoms with Gasteiger partial charge in [-0.05, 0) is 95.1 Å². The average molecular weight is 726 g/mol. The molecule has 0 aliphatic rings. The van der Waals surface area contributed by atoms with Crippen LogP contribution in [0.1, 0.15) is 0 Å². The zero-order valence-electron chi connectivity index (χ0n) is 31.0. The Morgan fingerprint density at radius 2 is 0.614 bits per heavy atom. The summed E-state index contributed by atoms with van der Waals surface area (Å²) in [6.07, 6.45) is 0. The normalized spacial score (nSPS) is 11.9. The summed E-state index contributed by atoms with van der Waals surface area (Å²) in [5, 5.41) is 7.49. The molecule has 266 valence electrons. The topological polar surface area (TPSA) is 14.8 Å². The van der Waals surface area contributed by atoms with Crippen LogP contribution >= 0.6 is 0 Å². The van der Waals surface area contributed by atoms with Crippen molar-refractivity contribution in [3.63, 3.8) is 0 Å². The predicted molar refractivity (Wildman–Crippen MR) is 240 cm³/mol. The summed E-state index contributed by atoms with van der Waals surface area (Å²) in [4.78, 5) is 0. The van der Waals surface area contributed by atoms with Gasteiger partial charge in [-0.1, -0.05) is 140 Å². The van der Waals surface area contributed by atoms with Crippen molar-refractivity contribution in [3.05, 3.63) is 212 Å². The summed E-state index contributed by atoms with van der Waals surface area (Å²) in [6.45, 7) is 0. The third-order valence-electron chi connectivity index (χ3n) is 11.8. The molecule has 0 fully saturated rings. The molecular weight excluding hydrogens is 691 g/mol. The van der Waals surface area contributed by atoms with Crippen LogP contribution < -0.4 is 0 Å². The van der Waals surface area contributed by atoms with Gasteiger partial charge < -0.3 is 13.7 Å². The first-order valence-electron chi connectivity index (χ1n) is 19.6. The Kier molecular flexibility index (Phi) is 6.93. The lowest BCUT2D eigenvalue weighted by Gasteiger charge is -2.12. The number of benzene rings is 9. The minimum atomic E-state index is 1.14. The molecule has 0 saturated carbocycles. The van der Waals surface area contributed by atoms with E-state index in [1.165, 1.54) is 87.7 Å². The van der Waals surface area contributed by atoms with Gasteiger partial charge in [0.25, 0.3) is 0 Å². The minimum Gasteiger partial charge on any atom is -0.309 e. The van der Waals surface area contributed by atoms with Crippen LogP contribution in [0.2, 0.25) is 0 Å². The standard InChI is InChI=1S/C54H35N3/c1-3-14-36(15-4-1)37-16-13-19-41(32-37)56-51-25-12-9-22-45(51)48-33-38(27-31-52(48)56)39-26-29-46-43-20-8-11-24-50(43)57(53(46)34-39)42-28-30-47-44-21-7-10-23-49(44)55(54(47)35-42)40-17-5-2-6-18-40/h1-35H. The van der Waals surface area contributed by atoms with Crippen LogP contribution in [0.25, 0.3) is 105 Å². The summed E-state index contributed by atoms with van der Waals surface area (Å²) in [5.74, 6) is 0. The summed E-state index contributed by atoms with van der Waals surface area (Å²) >= 11 is 0. The van der Waals surface area contributed by atoms with Crippen LogP contribution in [0, 0.1) is 0 Å². The Morgan fingerprint density at radius 3 is 1.32 bits per heavy atom. The fraction of sp³-hybridized carbons (Fsp3) is 0. The van der Waals surface area contributed by atoms with E-state index in [0.717, 1.165) is 17.1 Å². The van der Waals surface area contributed by atoms with Crippen LogP contribution in [-0.2, 0) is 0 Å². The highest BCUT2D eigenvalue weighted by Crippen LogP contribution is 2.40. The van der Waals surface area contributed by atoms with E-state index in [-0.39, 0.29) is 0 Å². The molecule has 12 rings (SSSR count). The van der Waals surface area contributed by atoms with Crippen molar-refractivity contribution in [1.29, 1.82) is 0 Å². The molecular formula is C54H35N3. The van der Waals surface area contributed by atoms with Crippen molar-refractivity contribution in [2.24, 2.45) is 0 Å². The van der Waals surface area contributed by atoms with Crippen LogP contribution in [0.5, 0.6) is 0 Å². The van der Waals surface area contributed by atoms with Crippen molar-refractivity contribution < 1.29 is 0 Å². The molecule has 0 aliphatic heterocycles. The van der Waals surface area contributed by atoms with Crippen molar-refractivity contribution in [2.75, 3.05) is 0 Å². The molecule has 0 spiro atoms. The highest BCUT2D eigenvalue weighted by molar-refractivity contribution is 6.14. The monoisotopic (exact) mass is 725 g/mol. The average Bonchev–Trinajstić information content (AvgIpc) is 3.92. The fourth-order valence-corrected chi connectivity index (χ4v) is 9.27. The zero-order valence-corrected chi connectivity index (χ0v) is 31.0. The largest absolute Gasteiger partial charge is 0.309 e. The number of aromatic nitrogens is 3. The Hall–Kier alpha value is -7.62. The molecule has 3 heterocycles. The van der Waals surface area contributed by atoms with Crippen LogP contribution in [0.4, 0.5) is 0 Å². The molecule has 0 unspecified atom stereocenters. The van der Waals surface area contributed by atoms with Crippen molar-refractivity contribution in [2.45, 2.75) is 0 Å².